The minimum absolute atomic E-state index is 0.185. The zero-order valence-corrected chi connectivity index (χ0v) is 13.9. The molecule has 1 aliphatic rings. The van der Waals surface area contributed by atoms with Gasteiger partial charge in [0.05, 0.1) is 5.69 Å². The fraction of sp³-hybridized carbons (Fsp3) is 0.400. The van der Waals surface area contributed by atoms with Gasteiger partial charge in [-0.25, -0.2) is 4.98 Å². The number of thiazole rings is 1. The largest absolute Gasteiger partial charge is 0.347 e. The number of hydrogen-bond donors (Lipinski definition) is 1. The molecule has 1 aliphatic carbocycles. The van der Waals surface area contributed by atoms with Crippen molar-refractivity contribution in [3.8, 4) is 0 Å². The lowest BCUT2D eigenvalue weighted by atomic mass is 9.99. The molecule has 0 amide bonds. The summed E-state index contributed by atoms with van der Waals surface area (Å²) >= 11 is 5.27. The van der Waals surface area contributed by atoms with Crippen LogP contribution in [-0.2, 0) is 13.0 Å². The van der Waals surface area contributed by atoms with Crippen molar-refractivity contribution in [2.24, 2.45) is 5.73 Å². The fourth-order valence-electron chi connectivity index (χ4n) is 2.58. The Bertz CT molecular complexity index is 611. The Morgan fingerprint density at radius 3 is 3.10 bits per heavy atom. The van der Waals surface area contributed by atoms with Gasteiger partial charge in [0.25, 0.3) is 0 Å². The van der Waals surface area contributed by atoms with Crippen molar-refractivity contribution in [3.05, 3.63) is 44.9 Å². The van der Waals surface area contributed by atoms with Crippen molar-refractivity contribution in [1.82, 2.24) is 4.98 Å². The summed E-state index contributed by atoms with van der Waals surface area (Å²) in [7, 11) is 2.09. The first-order chi connectivity index (χ1) is 9.63. The third-order valence-electron chi connectivity index (χ3n) is 3.62. The summed E-state index contributed by atoms with van der Waals surface area (Å²) in [5, 5.41) is 1.08. The molecular formula is C15H18BrN3S. The van der Waals surface area contributed by atoms with Crippen molar-refractivity contribution >= 4 is 32.4 Å². The summed E-state index contributed by atoms with van der Waals surface area (Å²) in [4.78, 5) is 8.26. The molecule has 2 N–H and O–H groups in total. The molecule has 0 fully saturated rings. The molecule has 1 atom stereocenters. The predicted octanol–water partition coefficient (Wildman–Crippen LogP) is 3.88. The number of halogens is 1. The summed E-state index contributed by atoms with van der Waals surface area (Å²) in [5.41, 5.74) is 8.67. The van der Waals surface area contributed by atoms with Gasteiger partial charge in [-0.15, -0.1) is 0 Å². The van der Waals surface area contributed by atoms with Gasteiger partial charge in [0.1, 0.15) is 0 Å². The van der Waals surface area contributed by atoms with E-state index in [0.717, 1.165) is 35.4 Å². The van der Waals surface area contributed by atoms with E-state index in [1.54, 1.807) is 11.3 Å². The molecule has 0 spiro atoms. The molecule has 1 heterocycles. The number of fused-ring (bicyclic) bond motifs is 1. The van der Waals surface area contributed by atoms with Crippen molar-refractivity contribution < 1.29 is 0 Å². The Morgan fingerprint density at radius 1 is 1.50 bits per heavy atom. The highest BCUT2D eigenvalue weighted by atomic mass is 79.9. The Kier molecular flexibility index (Phi) is 4.10. The van der Waals surface area contributed by atoms with Crippen LogP contribution in [0.5, 0.6) is 0 Å². The molecular weight excluding hydrogens is 334 g/mol. The number of benzene rings is 1. The Balaban J connectivity index is 1.79. The average molecular weight is 352 g/mol. The Hall–Kier alpha value is -0.910. The molecule has 106 valence electrons. The van der Waals surface area contributed by atoms with Crippen LogP contribution in [0.3, 0.4) is 0 Å². The number of aryl methyl sites for hydroxylation is 1. The first-order valence-corrected chi connectivity index (χ1v) is 8.45. The zero-order chi connectivity index (χ0) is 14.1. The monoisotopic (exact) mass is 351 g/mol. The average Bonchev–Trinajstić information content (AvgIpc) is 2.84. The van der Waals surface area contributed by atoms with Gasteiger partial charge < -0.3 is 10.6 Å². The van der Waals surface area contributed by atoms with Crippen LogP contribution in [0.25, 0.3) is 0 Å². The third-order valence-corrected chi connectivity index (χ3v) is 5.45. The number of nitrogens with zero attached hydrogens (tertiary/aromatic N) is 2. The number of nitrogens with two attached hydrogens (primary N) is 1. The maximum atomic E-state index is 6.18. The lowest BCUT2D eigenvalue weighted by Crippen LogP contribution is -2.16. The topological polar surface area (TPSA) is 42.2 Å². The highest BCUT2D eigenvalue weighted by Crippen LogP contribution is 2.36. The fourth-order valence-corrected chi connectivity index (χ4v) is 4.13. The number of aromatic nitrogens is 1. The molecule has 0 bridgehead atoms. The van der Waals surface area contributed by atoms with E-state index >= 15 is 0 Å². The summed E-state index contributed by atoms with van der Waals surface area (Å²) < 4.78 is 1.11. The van der Waals surface area contributed by atoms with E-state index in [9.17, 15) is 0 Å². The van der Waals surface area contributed by atoms with Crippen molar-refractivity contribution in [2.45, 2.75) is 31.8 Å². The zero-order valence-electron chi connectivity index (χ0n) is 11.5. The molecule has 3 rings (SSSR count). The van der Waals surface area contributed by atoms with Crippen LogP contribution < -0.4 is 10.6 Å². The number of anilines is 1. The van der Waals surface area contributed by atoms with Crippen LogP contribution in [0.2, 0.25) is 0 Å². The van der Waals surface area contributed by atoms with Crippen LogP contribution in [-0.4, -0.2) is 12.0 Å². The maximum Gasteiger partial charge on any atom is 0.185 e. The van der Waals surface area contributed by atoms with Gasteiger partial charge in [-0.3, -0.25) is 0 Å². The van der Waals surface area contributed by atoms with Crippen LogP contribution in [0, 0.1) is 0 Å². The van der Waals surface area contributed by atoms with Gasteiger partial charge in [0, 0.05) is 29.0 Å². The van der Waals surface area contributed by atoms with Crippen LogP contribution >= 0.6 is 27.3 Å². The van der Waals surface area contributed by atoms with Gasteiger partial charge in [0.2, 0.25) is 0 Å². The molecule has 0 aliphatic heterocycles. The standard InChI is InChI=1S/C15H18BrN3S/c1-19(9-10-4-2-5-11(16)8-10)15-18-13-7-3-6-12(17)14(13)20-15/h2,4-5,8,12H,3,6-7,9,17H2,1H3. The molecule has 3 nitrogen and oxygen atoms in total. The summed E-state index contributed by atoms with van der Waals surface area (Å²) in [6.07, 6.45) is 3.32. The maximum absolute atomic E-state index is 6.18. The second-order valence-electron chi connectivity index (χ2n) is 5.29. The third kappa shape index (κ3) is 2.90. The molecule has 20 heavy (non-hydrogen) atoms. The quantitative estimate of drug-likeness (QED) is 0.912. The smallest absolute Gasteiger partial charge is 0.185 e. The van der Waals surface area contributed by atoms with Gasteiger partial charge in [-0.05, 0) is 37.0 Å². The molecule has 1 aromatic carbocycles. The van der Waals surface area contributed by atoms with E-state index in [-0.39, 0.29) is 6.04 Å². The minimum Gasteiger partial charge on any atom is -0.347 e. The van der Waals surface area contributed by atoms with E-state index < -0.39 is 0 Å². The number of hydrogen-bond acceptors (Lipinski definition) is 4. The van der Waals surface area contributed by atoms with Crippen molar-refractivity contribution in [3.63, 3.8) is 0 Å². The normalized spacial score (nSPS) is 17.9. The van der Waals surface area contributed by atoms with E-state index in [2.05, 4.69) is 46.1 Å². The molecule has 0 radical (unpaired) electrons. The Morgan fingerprint density at radius 2 is 2.35 bits per heavy atom. The lowest BCUT2D eigenvalue weighted by Gasteiger charge is -2.16. The van der Waals surface area contributed by atoms with Gasteiger partial charge in [-0.2, -0.15) is 0 Å². The molecule has 5 heteroatoms. The highest BCUT2D eigenvalue weighted by molar-refractivity contribution is 9.10. The first kappa shape index (κ1) is 14.0. The van der Waals surface area contributed by atoms with Crippen molar-refractivity contribution in [1.29, 1.82) is 0 Å². The minimum atomic E-state index is 0.185. The van der Waals surface area contributed by atoms with Crippen LogP contribution in [0.4, 0.5) is 5.13 Å². The van der Waals surface area contributed by atoms with Crippen molar-refractivity contribution in [2.75, 3.05) is 11.9 Å². The second kappa shape index (κ2) is 5.84. The first-order valence-electron chi connectivity index (χ1n) is 6.84. The number of rotatable bonds is 3. The van der Waals surface area contributed by atoms with Crippen LogP contribution in [0.15, 0.2) is 28.7 Å². The lowest BCUT2D eigenvalue weighted by molar-refractivity contribution is 0.573. The Labute approximate surface area is 131 Å². The summed E-state index contributed by atoms with van der Waals surface area (Å²) in [6, 6.07) is 8.58. The predicted molar refractivity (Wildman–Crippen MR) is 88.2 cm³/mol. The molecule has 1 aromatic heterocycles. The van der Waals surface area contributed by atoms with E-state index in [1.807, 2.05) is 6.07 Å². The van der Waals surface area contributed by atoms with Crippen LogP contribution in [0.1, 0.15) is 35.0 Å². The second-order valence-corrected chi connectivity index (χ2v) is 7.22. The van der Waals surface area contributed by atoms with Gasteiger partial charge in [-0.1, -0.05) is 39.4 Å². The van der Waals surface area contributed by atoms with Gasteiger partial charge >= 0.3 is 0 Å². The SMILES string of the molecule is CN(Cc1cccc(Br)c1)c1nc2c(s1)C(N)CCC2. The molecule has 1 unspecified atom stereocenters. The molecule has 0 saturated heterocycles. The van der Waals surface area contributed by atoms with E-state index in [1.165, 1.54) is 16.1 Å². The van der Waals surface area contributed by atoms with E-state index in [0.29, 0.717) is 0 Å². The highest BCUT2D eigenvalue weighted by Gasteiger charge is 2.22. The van der Waals surface area contributed by atoms with Gasteiger partial charge in [0.15, 0.2) is 5.13 Å². The van der Waals surface area contributed by atoms with E-state index in [4.69, 9.17) is 10.7 Å². The summed E-state index contributed by atoms with van der Waals surface area (Å²) in [5.74, 6) is 0. The summed E-state index contributed by atoms with van der Waals surface area (Å²) in [6.45, 7) is 0.862. The molecule has 0 saturated carbocycles. The molecule has 2 aromatic rings.